The molecule has 1 fully saturated rings. The van der Waals surface area contributed by atoms with Crippen molar-refractivity contribution in [3.05, 3.63) is 161 Å². The zero-order valence-electron chi connectivity index (χ0n) is 25.6. The Hall–Kier alpha value is -5.00. The summed E-state index contributed by atoms with van der Waals surface area (Å²) in [5.74, 6) is 1.54. The predicted molar refractivity (Wildman–Crippen MR) is 187 cm³/mol. The molecule has 0 aliphatic carbocycles. The molecule has 1 atom stereocenters. The fourth-order valence-electron chi connectivity index (χ4n) is 6.48. The lowest BCUT2D eigenvalue weighted by atomic mass is 9.87. The van der Waals surface area contributed by atoms with E-state index in [1.807, 2.05) is 71.6 Å². The average Bonchev–Trinajstić information content (AvgIpc) is 3.46. The van der Waals surface area contributed by atoms with Gasteiger partial charge < -0.3 is 19.1 Å². The van der Waals surface area contributed by atoms with Crippen molar-refractivity contribution in [2.45, 2.75) is 18.9 Å². The number of rotatable bonds is 9. The van der Waals surface area contributed by atoms with Gasteiger partial charge in [0.25, 0.3) is 0 Å². The van der Waals surface area contributed by atoms with Crippen molar-refractivity contribution >= 4 is 34.1 Å². The minimum atomic E-state index is -0.153. The SMILES string of the molecule is O=C(C[C@H](c1cccc(Oc2ccccc2)c1)c1cn(Cc2ccccc2)c2ccccc12)N1CCN(c2cccc(Cl)c2)CC1. The lowest BCUT2D eigenvalue weighted by Crippen LogP contribution is -2.49. The number of hydrogen-bond acceptors (Lipinski definition) is 3. The number of aromatic nitrogens is 1. The largest absolute Gasteiger partial charge is 0.457 e. The third-order valence-electron chi connectivity index (χ3n) is 8.81. The van der Waals surface area contributed by atoms with E-state index in [2.05, 4.69) is 82.4 Å². The Balaban J connectivity index is 1.20. The normalized spacial score (nSPS) is 13.9. The molecule has 6 aromatic rings. The molecule has 1 amide bonds. The van der Waals surface area contributed by atoms with E-state index in [1.165, 1.54) is 5.56 Å². The van der Waals surface area contributed by atoms with Gasteiger partial charge in [-0.1, -0.05) is 96.5 Å². The number of anilines is 1. The standard InChI is InChI=1S/C40H36ClN3O2/c41-32-14-10-15-33(26-32)42-21-23-43(24-22-42)40(45)27-37(31-13-9-18-35(25-31)46-34-16-5-2-6-17-34)38-29-44(28-30-11-3-1-4-12-30)39-20-8-7-19-36(38)39/h1-20,25-26,29,37H,21-24,27-28H2/t37-/m1/s1. The summed E-state index contributed by atoms with van der Waals surface area (Å²) in [6.07, 6.45) is 2.61. The Morgan fingerprint density at radius 2 is 1.41 bits per heavy atom. The molecule has 46 heavy (non-hydrogen) atoms. The highest BCUT2D eigenvalue weighted by molar-refractivity contribution is 6.30. The molecule has 0 spiro atoms. The van der Waals surface area contributed by atoms with E-state index in [9.17, 15) is 4.79 Å². The zero-order valence-corrected chi connectivity index (χ0v) is 26.4. The maximum Gasteiger partial charge on any atom is 0.223 e. The molecule has 1 aromatic heterocycles. The summed E-state index contributed by atoms with van der Waals surface area (Å²) < 4.78 is 8.56. The number of benzene rings is 5. The molecule has 0 unspecified atom stereocenters. The van der Waals surface area contributed by atoms with Gasteiger partial charge in [-0.15, -0.1) is 0 Å². The van der Waals surface area contributed by atoms with Crippen LogP contribution in [-0.4, -0.2) is 41.6 Å². The van der Waals surface area contributed by atoms with Crippen LogP contribution in [0.4, 0.5) is 5.69 Å². The van der Waals surface area contributed by atoms with E-state index in [4.69, 9.17) is 16.3 Å². The molecule has 1 saturated heterocycles. The van der Waals surface area contributed by atoms with Gasteiger partial charge in [-0.25, -0.2) is 0 Å². The molecular formula is C40H36ClN3O2. The second-order valence-corrected chi connectivity index (χ2v) is 12.2. The Morgan fingerprint density at radius 1 is 0.717 bits per heavy atom. The summed E-state index contributed by atoms with van der Waals surface area (Å²) in [6.45, 7) is 3.64. The highest BCUT2D eigenvalue weighted by atomic mass is 35.5. The van der Waals surface area contributed by atoms with Crippen molar-refractivity contribution in [2.75, 3.05) is 31.1 Å². The maximum atomic E-state index is 14.1. The van der Waals surface area contributed by atoms with Gasteiger partial charge in [0, 0.05) is 72.9 Å². The van der Waals surface area contributed by atoms with Crippen LogP contribution in [0.1, 0.15) is 29.0 Å². The van der Waals surface area contributed by atoms with E-state index in [0.29, 0.717) is 19.5 Å². The number of halogens is 1. The number of ether oxygens (including phenoxy) is 1. The molecule has 5 aromatic carbocycles. The van der Waals surface area contributed by atoms with E-state index < -0.39 is 0 Å². The molecule has 0 radical (unpaired) electrons. The van der Waals surface area contributed by atoms with Crippen molar-refractivity contribution in [2.24, 2.45) is 0 Å². The number of carbonyl (C=O) groups is 1. The van der Waals surface area contributed by atoms with Crippen LogP contribution in [0.2, 0.25) is 5.02 Å². The number of piperazine rings is 1. The van der Waals surface area contributed by atoms with Crippen molar-refractivity contribution in [3.8, 4) is 11.5 Å². The van der Waals surface area contributed by atoms with Crippen LogP contribution in [0.25, 0.3) is 10.9 Å². The lowest BCUT2D eigenvalue weighted by molar-refractivity contribution is -0.131. The second kappa shape index (κ2) is 13.6. The predicted octanol–water partition coefficient (Wildman–Crippen LogP) is 9.01. The molecule has 5 nitrogen and oxygen atoms in total. The van der Waals surface area contributed by atoms with Crippen LogP contribution in [0.15, 0.2) is 140 Å². The van der Waals surface area contributed by atoms with Crippen molar-refractivity contribution in [3.63, 3.8) is 0 Å². The molecule has 2 heterocycles. The summed E-state index contributed by atoms with van der Waals surface area (Å²) in [4.78, 5) is 18.4. The average molecular weight is 626 g/mol. The minimum absolute atomic E-state index is 0.153. The highest BCUT2D eigenvalue weighted by Crippen LogP contribution is 2.37. The van der Waals surface area contributed by atoms with Gasteiger partial charge in [0.2, 0.25) is 5.91 Å². The quantitative estimate of drug-likeness (QED) is 0.161. The number of fused-ring (bicyclic) bond motifs is 1. The maximum absolute atomic E-state index is 14.1. The monoisotopic (exact) mass is 625 g/mol. The first-order chi connectivity index (χ1) is 22.6. The van der Waals surface area contributed by atoms with Crippen LogP contribution in [0.5, 0.6) is 11.5 Å². The summed E-state index contributed by atoms with van der Waals surface area (Å²) in [7, 11) is 0. The second-order valence-electron chi connectivity index (χ2n) is 11.8. The molecule has 1 aliphatic rings. The van der Waals surface area contributed by atoms with Crippen LogP contribution >= 0.6 is 11.6 Å². The van der Waals surface area contributed by atoms with Gasteiger partial charge >= 0.3 is 0 Å². The Labute approximate surface area is 275 Å². The van der Waals surface area contributed by atoms with Crippen molar-refractivity contribution in [1.82, 2.24) is 9.47 Å². The van der Waals surface area contributed by atoms with Crippen molar-refractivity contribution in [1.29, 1.82) is 0 Å². The van der Waals surface area contributed by atoms with Gasteiger partial charge in [-0.2, -0.15) is 0 Å². The Bertz CT molecular complexity index is 1930. The van der Waals surface area contributed by atoms with E-state index >= 15 is 0 Å². The first-order valence-electron chi connectivity index (χ1n) is 15.8. The molecule has 230 valence electrons. The van der Waals surface area contributed by atoms with Gasteiger partial charge in [-0.05, 0) is 65.2 Å². The fraction of sp³-hybridized carbons (Fsp3) is 0.175. The van der Waals surface area contributed by atoms with Gasteiger partial charge in [0.15, 0.2) is 0 Å². The summed E-state index contributed by atoms with van der Waals surface area (Å²) in [5.41, 5.74) is 5.69. The van der Waals surface area contributed by atoms with Gasteiger partial charge in [-0.3, -0.25) is 4.79 Å². The van der Waals surface area contributed by atoms with Crippen LogP contribution in [0, 0.1) is 0 Å². The summed E-state index contributed by atoms with van der Waals surface area (Å²) >= 11 is 6.26. The third-order valence-corrected chi connectivity index (χ3v) is 9.05. The highest BCUT2D eigenvalue weighted by Gasteiger charge is 2.28. The number of hydrogen-bond donors (Lipinski definition) is 0. The third kappa shape index (κ3) is 6.65. The molecular weight excluding hydrogens is 590 g/mol. The Kier molecular flexibility index (Phi) is 8.75. The first-order valence-corrected chi connectivity index (χ1v) is 16.2. The molecule has 0 N–H and O–H groups in total. The van der Waals surface area contributed by atoms with Crippen molar-refractivity contribution < 1.29 is 9.53 Å². The molecule has 0 bridgehead atoms. The first kappa shape index (κ1) is 29.7. The summed E-state index contributed by atoms with van der Waals surface area (Å²) in [5, 5.41) is 1.89. The number of carbonyl (C=O) groups excluding carboxylic acids is 1. The van der Waals surface area contributed by atoms with Crippen LogP contribution in [-0.2, 0) is 11.3 Å². The molecule has 7 rings (SSSR count). The van der Waals surface area contributed by atoms with E-state index in [0.717, 1.165) is 63.9 Å². The van der Waals surface area contributed by atoms with E-state index in [-0.39, 0.29) is 11.8 Å². The number of nitrogens with zero attached hydrogens (tertiary/aromatic N) is 3. The Morgan fingerprint density at radius 3 is 2.20 bits per heavy atom. The lowest BCUT2D eigenvalue weighted by Gasteiger charge is -2.36. The van der Waals surface area contributed by atoms with Crippen LogP contribution in [0.3, 0.4) is 0 Å². The summed E-state index contributed by atoms with van der Waals surface area (Å²) in [6, 6.07) is 45.0. The van der Waals surface area contributed by atoms with Crippen LogP contribution < -0.4 is 9.64 Å². The van der Waals surface area contributed by atoms with E-state index in [1.54, 1.807) is 0 Å². The molecule has 1 aliphatic heterocycles. The molecule has 0 saturated carbocycles. The smallest absolute Gasteiger partial charge is 0.223 e. The van der Waals surface area contributed by atoms with Gasteiger partial charge in [0.1, 0.15) is 11.5 Å². The van der Waals surface area contributed by atoms with Gasteiger partial charge in [0.05, 0.1) is 0 Å². The topological polar surface area (TPSA) is 37.7 Å². The molecule has 6 heteroatoms. The minimum Gasteiger partial charge on any atom is -0.457 e. The fourth-order valence-corrected chi connectivity index (χ4v) is 6.67. The number of para-hydroxylation sites is 2. The zero-order chi connectivity index (χ0) is 31.3. The number of amides is 1.